The number of anilines is 1. The van der Waals surface area contributed by atoms with Crippen LogP contribution in [0.1, 0.15) is 23.6 Å². The van der Waals surface area contributed by atoms with Crippen molar-refractivity contribution in [3.63, 3.8) is 0 Å². The molecule has 0 radical (unpaired) electrons. The Morgan fingerprint density at radius 2 is 1.67 bits per heavy atom. The molecule has 0 bridgehead atoms. The molecule has 1 N–H and O–H groups in total. The molecule has 2 amide bonds. The first kappa shape index (κ1) is 21.0. The number of nitrogens with one attached hydrogen (secondary N) is 1. The van der Waals surface area contributed by atoms with Gasteiger partial charge in [-0.25, -0.2) is 0 Å². The molecule has 1 atom stereocenters. The van der Waals surface area contributed by atoms with Crippen molar-refractivity contribution < 1.29 is 14.3 Å². The van der Waals surface area contributed by atoms with Crippen molar-refractivity contribution in [2.75, 3.05) is 18.9 Å². The van der Waals surface area contributed by atoms with Gasteiger partial charge in [0.2, 0.25) is 5.91 Å². The van der Waals surface area contributed by atoms with E-state index in [1.54, 1.807) is 26.1 Å². The van der Waals surface area contributed by atoms with Crippen molar-refractivity contribution in [2.24, 2.45) is 0 Å². The number of amides is 2. The first-order valence-electron chi connectivity index (χ1n) is 8.72. The van der Waals surface area contributed by atoms with Gasteiger partial charge in [0, 0.05) is 17.2 Å². The molecule has 0 aromatic heterocycles. The van der Waals surface area contributed by atoms with Crippen LogP contribution in [0.15, 0.2) is 40.9 Å². The molecule has 1 unspecified atom stereocenters. The number of halogens is 1. The third-order valence-electron chi connectivity index (χ3n) is 4.17. The van der Waals surface area contributed by atoms with Crippen LogP contribution in [0.25, 0.3) is 0 Å². The first-order valence-corrected chi connectivity index (χ1v) is 9.51. The van der Waals surface area contributed by atoms with Gasteiger partial charge in [0.15, 0.2) is 6.10 Å². The lowest BCUT2D eigenvalue weighted by Gasteiger charge is -2.22. The number of likely N-dealkylation sites (N-methyl/N-ethyl adjacent to an activating group) is 1. The van der Waals surface area contributed by atoms with Crippen LogP contribution in [0.3, 0.4) is 0 Å². The molecule has 0 aliphatic carbocycles. The molecule has 0 spiro atoms. The van der Waals surface area contributed by atoms with Crippen molar-refractivity contribution >= 4 is 33.4 Å². The topological polar surface area (TPSA) is 58.6 Å². The molecular formula is C21H25BrN2O3. The minimum absolute atomic E-state index is 0.0420. The monoisotopic (exact) mass is 432 g/mol. The maximum absolute atomic E-state index is 12.5. The Labute approximate surface area is 168 Å². The third-order valence-corrected chi connectivity index (χ3v) is 4.70. The van der Waals surface area contributed by atoms with Gasteiger partial charge in [-0.05, 0) is 63.1 Å². The van der Waals surface area contributed by atoms with E-state index in [1.165, 1.54) is 4.90 Å². The SMILES string of the molecule is Cc1cc(C)c(NC(=O)CN(C)C(=O)C(C)Oc2ccc(Br)cc2)c(C)c1. The number of rotatable bonds is 6. The van der Waals surface area contributed by atoms with E-state index in [-0.39, 0.29) is 18.4 Å². The standard InChI is InChI=1S/C21H25BrN2O3/c1-13-10-14(2)20(15(3)11-13)23-19(25)12-24(5)21(26)16(4)27-18-8-6-17(22)7-9-18/h6-11,16H,12H2,1-5H3,(H,23,25). The van der Waals surface area contributed by atoms with E-state index in [9.17, 15) is 9.59 Å². The van der Waals surface area contributed by atoms with Crippen LogP contribution < -0.4 is 10.1 Å². The zero-order chi connectivity index (χ0) is 20.1. The van der Waals surface area contributed by atoms with Crippen LogP contribution in [0.2, 0.25) is 0 Å². The maximum atomic E-state index is 12.5. The Bertz CT molecular complexity index is 811. The van der Waals surface area contributed by atoms with Gasteiger partial charge in [-0.15, -0.1) is 0 Å². The largest absolute Gasteiger partial charge is 0.481 e. The Kier molecular flexibility index (Phi) is 7.02. The van der Waals surface area contributed by atoms with Crippen molar-refractivity contribution in [1.29, 1.82) is 0 Å². The average Bonchev–Trinajstić information content (AvgIpc) is 2.59. The zero-order valence-corrected chi connectivity index (χ0v) is 17.9. The summed E-state index contributed by atoms with van der Waals surface area (Å²) in [6.45, 7) is 7.56. The van der Waals surface area contributed by atoms with Crippen LogP contribution in [0, 0.1) is 20.8 Å². The van der Waals surface area contributed by atoms with Crippen LogP contribution in [-0.2, 0) is 9.59 Å². The molecule has 6 heteroatoms. The van der Waals surface area contributed by atoms with E-state index in [1.807, 2.05) is 45.0 Å². The summed E-state index contributed by atoms with van der Waals surface area (Å²) in [5, 5.41) is 2.91. The maximum Gasteiger partial charge on any atom is 0.263 e. The van der Waals surface area contributed by atoms with Crippen LogP contribution in [0.5, 0.6) is 5.75 Å². The number of ether oxygens (including phenoxy) is 1. The highest BCUT2D eigenvalue weighted by molar-refractivity contribution is 9.10. The quantitative estimate of drug-likeness (QED) is 0.742. The second kappa shape index (κ2) is 9.04. The highest BCUT2D eigenvalue weighted by Gasteiger charge is 2.21. The van der Waals surface area contributed by atoms with E-state index in [0.29, 0.717) is 5.75 Å². The summed E-state index contributed by atoms with van der Waals surface area (Å²) in [7, 11) is 1.60. The Morgan fingerprint density at radius 3 is 2.22 bits per heavy atom. The third kappa shape index (κ3) is 5.82. The number of carbonyl (C=O) groups excluding carboxylic acids is 2. The highest BCUT2D eigenvalue weighted by atomic mass is 79.9. The Balaban J connectivity index is 1.95. The van der Waals surface area contributed by atoms with Gasteiger partial charge < -0.3 is 15.0 Å². The normalized spacial score (nSPS) is 11.6. The summed E-state index contributed by atoms with van der Waals surface area (Å²) < 4.78 is 6.59. The Hall–Kier alpha value is -2.34. The van der Waals surface area contributed by atoms with Crippen LogP contribution >= 0.6 is 15.9 Å². The molecule has 0 saturated heterocycles. The number of carbonyl (C=O) groups is 2. The molecule has 0 aliphatic rings. The molecule has 0 saturated carbocycles. The summed E-state index contributed by atoms with van der Waals surface area (Å²) >= 11 is 3.36. The van der Waals surface area contributed by atoms with Gasteiger partial charge in [-0.3, -0.25) is 9.59 Å². The fourth-order valence-electron chi connectivity index (χ4n) is 2.93. The van der Waals surface area contributed by atoms with E-state index >= 15 is 0 Å². The molecule has 0 heterocycles. The highest BCUT2D eigenvalue weighted by Crippen LogP contribution is 2.22. The van der Waals surface area contributed by atoms with Gasteiger partial charge >= 0.3 is 0 Å². The lowest BCUT2D eigenvalue weighted by molar-refractivity contribution is -0.139. The molecule has 2 rings (SSSR count). The summed E-state index contributed by atoms with van der Waals surface area (Å²) in [6, 6.07) is 11.3. The van der Waals surface area contributed by atoms with E-state index in [4.69, 9.17) is 4.74 Å². The molecule has 2 aromatic rings. The summed E-state index contributed by atoms with van der Waals surface area (Å²) in [5.41, 5.74) is 3.95. The number of nitrogens with zero attached hydrogens (tertiary/aromatic N) is 1. The molecule has 0 aliphatic heterocycles. The lowest BCUT2D eigenvalue weighted by Crippen LogP contribution is -2.42. The van der Waals surface area contributed by atoms with E-state index < -0.39 is 6.10 Å². The zero-order valence-electron chi connectivity index (χ0n) is 16.3. The fraction of sp³-hybridized carbons (Fsp3) is 0.333. The summed E-state index contributed by atoms with van der Waals surface area (Å²) in [5.74, 6) is 0.102. The fourth-order valence-corrected chi connectivity index (χ4v) is 3.19. The second-order valence-electron chi connectivity index (χ2n) is 6.73. The minimum atomic E-state index is -0.688. The van der Waals surface area contributed by atoms with Crippen LogP contribution in [0.4, 0.5) is 5.69 Å². The van der Waals surface area contributed by atoms with Crippen molar-refractivity contribution in [3.8, 4) is 5.75 Å². The van der Waals surface area contributed by atoms with Gasteiger partial charge in [0.05, 0.1) is 6.54 Å². The smallest absolute Gasteiger partial charge is 0.263 e. The number of hydrogen-bond acceptors (Lipinski definition) is 3. The van der Waals surface area contributed by atoms with Crippen LogP contribution in [-0.4, -0.2) is 36.4 Å². The lowest BCUT2D eigenvalue weighted by atomic mass is 10.1. The molecule has 5 nitrogen and oxygen atoms in total. The Morgan fingerprint density at radius 1 is 1.11 bits per heavy atom. The number of aryl methyl sites for hydroxylation is 3. The number of hydrogen-bond donors (Lipinski definition) is 1. The van der Waals surface area contributed by atoms with E-state index in [2.05, 4.69) is 21.2 Å². The van der Waals surface area contributed by atoms with Gasteiger partial charge in [0.1, 0.15) is 5.75 Å². The predicted molar refractivity (Wildman–Crippen MR) is 111 cm³/mol. The molecule has 144 valence electrons. The molecular weight excluding hydrogens is 408 g/mol. The molecule has 0 fully saturated rings. The first-order chi connectivity index (χ1) is 12.7. The second-order valence-corrected chi connectivity index (χ2v) is 7.65. The average molecular weight is 433 g/mol. The van der Waals surface area contributed by atoms with Gasteiger partial charge in [-0.2, -0.15) is 0 Å². The van der Waals surface area contributed by atoms with E-state index in [0.717, 1.165) is 26.9 Å². The van der Waals surface area contributed by atoms with Gasteiger partial charge in [-0.1, -0.05) is 33.6 Å². The van der Waals surface area contributed by atoms with Gasteiger partial charge in [0.25, 0.3) is 5.91 Å². The minimum Gasteiger partial charge on any atom is -0.481 e. The predicted octanol–water partition coefficient (Wildman–Crippen LogP) is 4.24. The summed E-state index contributed by atoms with van der Waals surface area (Å²) in [6.07, 6.45) is -0.688. The molecule has 2 aromatic carbocycles. The summed E-state index contributed by atoms with van der Waals surface area (Å²) in [4.78, 5) is 26.2. The molecule has 27 heavy (non-hydrogen) atoms. The van der Waals surface area contributed by atoms with Crippen molar-refractivity contribution in [1.82, 2.24) is 4.90 Å². The van der Waals surface area contributed by atoms with Crippen molar-refractivity contribution in [3.05, 3.63) is 57.6 Å². The number of benzene rings is 2. The van der Waals surface area contributed by atoms with Crippen molar-refractivity contribution in [2.45, 2.75) is 33.8 Å².